The third-order valence-corrected chi connectivity index (χ3v) is 5.57. The SMILES string of the molecule is CCN(CC(=O)O)C1CC(NC(=O)CCC2Cc3ccccc3NC2=O)C1. The number of hydrogen-bond donors (Lipinski definition) is 3. The van der Waals surface area contributed by atoms with Crippen LogP contribution in [0.25, 0.3) is 0 Å². The maximum atomic E-state index is 12.2. The molecule has 146 valence electrons. The summed E-state index contributed by atoms with van der Waals surface area (Å²) < 4.78 is 0. The number of para-hydroxylation sites is 1. The summed E-state index contributed by atoms with van der Waals surface area (Å²) in [6, 6.07) is 8.08. The lowest BCUT2D eigenvalue weighted by atomic mass is 9.85. The molecule has 1 aromatic rings. The number of carbonyl (C=O) groups is 3. The molecule has 3 N–H and O–H groups in total. The third kappa shape index (κ3) is 4.86. The Morgan fingerprint density at radius 3 is 2.74 bits per heavy atom. The number of carbonyl (C=O) groups excluding carboxylic acids is 2. The van der Waals surface area contributed by atoms with Gasteiger partial charge in [0.2, 0.25) is 11.8 Å². The van der Waals surface area contributed by atoms with Crippen LogP contribution in [-0.4, -0.2) is 53.0 Å². The molecule has 7 heteroatoms. The molecular formula is C20H27N3O4. The molecule has 1 unspecified atom stereocenters. The van der Waals surface area contributed by atoms with Gasteiger partial charge in [0.25, 0.3) is 0 Å². The lowest BCUT2D eigenvalue weighted by molar-refractivity contribution is -0.140. The topological polar surface area (TPSA) is 98.7 Å². The summed E-state index contributed by atoms with van der Waals surface area (Å²) in [6.45, 7) is 2.68. The number of carboxylic acids is 1. The first-order chi connectivity index (χ1) is 13.0. The highest BCUT2D eigenvalue weighted by molar-refractivity contribution is 5.96. The van der Waals surface area contributed by atoms with E-state index in [2.05, 4.69) is 10.6 Å². The van der Waals surface area contributed by atoms with Crippen molar-refractivity contribution in [2.24, 2.45) is 5.92 Å². The summed E-state index contributed by atoms with van der Waals surface area (Å²) in [6.07, 6.45) is 3.09. The molecule has 0 spiro atoms. The first-order valence-electron chi connectivity index (χ1n) is 9.60. The zero-order valence-electron chi connectivity index (χ0n) is 15.6. The fourth-order valence-electron chi connectivity index (χ4n) is 3.93. The van der Waals surface area contributed by atoms with Crippen molar-refractivity contribution in [2.75, 3.05) is 18.4 Å². The quantitative estimate of drug-likeness (QED) is 0.643. The molecule has 1 aliphatic heterocycles. The molecule has 2 aliphatic rings. The Morgan fingerprint density at radius 2 is 2.04 bits per heavy atom. The lowest BCUT2D eigenvalue weighted by Crippen LogP contribution is -2.54. The summed E-state index contributed by atoms with van der Waals surface area (Å²) in [4.78, 5) is 37.2. The Morgan fingerprint density at radius 1 is 1.30 bits per heavy atom. The minimum absolute atomic E-state index is 0.0162. The fraction of sp³-hybridized carbons (Fsp3) is 0.550. The highest BCUT2D eigenvalue weighted by Gasteiger charge is 2.35. The van der Waals surface area contributed by atoms with Crippen LogP contribution in [0, 0.1) is 5.92 Å². The second kappa shape index (κ2) is 8.52. The number of likely N-dealkylation sites (N-methyl/N-ethyl adjacent to an activating group) is 1. The highest BCUT2D eigenvalue weighted by Crippen LogP contribution is 2.28. The van der Waals surface area contributed by atoms with Crippen molar-refractivity contribution < 1.29 is 19.5 Å². The molecule has 1 heterocycles. The van der Waals surface area contributed by atoms with Gasteiger partial charge in [0, 0.05) is 30.1 Å². The molecule has 0 saturated heterocycles. The standard InChI is InChI=1S/C20H27N3O4/c1-2-23(12-19(25)26)16-10-15(11-16)21-18(24)8-7-14-9-13-5-3-4-6-17(13)22-20(14)27/h3-6,14-16H,2,7-12H2,1H3,(H,21,24)(H,22,27)(H,25,26). The van der Waals surface area contributed by atoms with Gasteiger partial charge in [-0.15, -0.1) is 0 Å². The van der Waals surface area contributed by atoms with Crippen LogP contribution in [0.4, 0.5) is 5.69 Å². The van der Waals surface area contributed by atoms with Gasteiger partial charge in [0.05, 0.1) is 6.54 Å². The Bertz CT molecular complexity index is 715. The first-order valence-corrected chi connectivity index (χ1v) is 9.60. The van der Waals surface area contributed by atoms with Crippen LogP contribution in [0.1, 0.15) is 38.2 Å². The average molecular weight is 373 g/mol. The van der Waals surface area contributed by atoms with E-state index in [1.807, 2.05) is 36.1 Å². The van der Waals surface area contributed by atoms with Gasteiger partial charge in [-0.2, -0.15) is 0 Å². The Kier molecular flexibility index (Phi) is 6.11. The molecule has 1 aliphatic carbocycles. The third-order valence-electron chi connectivity index (χ3n) is 5.57. The monoisotopic (exact) mass is 373 g/mol. The van der Waals surface area contributed by atoms with Gasteiger partial charge in [-0.25, -0.2) is 0 Å². The summed E-state index contributed by atoms with van der Waals surface area (Å²) in [5.41, 5.74) is 1.98. The molecule has 7 nitrogen and oxygen atoms in total. The van der Waals surface area contributed by atoms with E-state index < -0.39 is 5.97 Å². The van der Waals surface area contributed by atoms with E-state index in [4.69, 9.17) is 5.11 Å². The van der Waals surface area contributed by atoms with Crippen molar-refractivity contribution in [3.63, 3.8) is 0 Å². The summed E-state index contributed by atoms with van der Waals surface area (Å²) in [7, 11) is 0. The second-order valence-electron chi connectivity index (χ2n) is 7.43. The van der Waals surface area contributed by atoms with Crippen LogP contribution < -0.4 is 10.6 Å². The van der Waals surface area contributed by atoms with Crippen LogP contribution in [0.15, 0.2) is 24.3 Å². The molecule has 1 aromatic carbocycles. The smallest absolute Gasteiger partial charge is 0.317 e. The maximum Gasteiger partial charge on any atom is 0.317 e. The van der Waals surface area contributed by atoms with Crippen LogP contribution in [0.3, 0.4) is 0 Å². The van der Waals surface area contributed by atoms with Crippen LogP contribution in [0.2, 0.25) is 0 Å². The van der Waals surface area contributed by atoms with Crippen molar-refractivity contribution in [3.05, 3.63) is 29.8 Å². The number of anilines is 1. The van der Waals surface area contributed by atoms with E-state index in [1.54, 1.807) is 0 Å². The molecule has 27 heavy (non-hydrogen) atoms. The number of benzene rings is 1. The van der Waals surface area contributed by atoms with Crippen molar-refractivity contribution >= 4 is 23.5 Å². The molecule has 1 fully saturated rings. The van der Waals surface area contributed by atoms with E-state index in [0.29, 0.717) is 25.8 Å². The zero-order chi connectivity index (χ0) is 19.4. The van der Waals surface area contributed by atoms with E-state index in [1.165, 1.54) is 0 Å². The number of nitrogens with one attached hydrogen (secondary N) is 2. The molecule has 0 aromatic heterocycles. The van der Waals surface area contributed by atoms with E-state index >= 15 is 0 Å². The summed E-state index contributed by atoms with van der Waals surface area (Å²) in [5, 5.41) is 14.8. The Balaban J connectivity index is 1.40. The van der Waals surface area contributed by atoms with Crippen molar-refractivity contribution in [1.29, 1.82) is 0 Å². The zero-order valence-corrected chi connectivity index (χ0v) is 15.6. The van der Waals surface area contributed by atoms with Crippen molar-refractivity contribution in [1.82, 2.24) is 10.2 Å². The van der Waals surface area contributed by atoms with Crippen LogP contribution >= 0.6 is 0 Å². The highest BCUT2D eigenvalue weighted by atomic mass is 16.4. The van der Waals surface area contributed by atoms with Crippen molar-refractivity contribution in [2.45, 2.75) is 51.1 Å². The molecule has 0 radical (unpaired) electrons. The summed E-state index contributed by atoms with van der Waals surface area (Å²) >= 11 is 0. The number of nitrogens with zero attached hydrogens (tertiary/aromatic N) is 1. The van der Waals surface area contributed by atoms with Gasteiger partial charge in [-0.3, -0.25) is 19.3 Å². The van der Waals surface area contributed by atoms with Gasteiger partial charge in [-0.1, -0.05) is 25.1 Å². The fourth-order valence-corrected chi connectivity index (χ4v) is 3.93. The molecule has 1 saturated carbocycles. The van der Waals surface area contributed by atoms with Gasteiger partial charge < -0.3 is 15.7 Å². The number of aliphatic carboxylic acids is 1. The Hall–Kier alpha value is -2.41. The molecule has 0 bridgehead atoms. The summed E-state index contributed by atoms with van der Waals surface area (Å²) in [5.74, 6) is -1.05. The predicted octanol–water partition coefficient (Wildman–Crippen LogP) is 1.63. The van der Waals surface area contributed by atoms with E-state index in [9.17, 15) is 14.4 Å². The number of amides is 2. The van der Waals surface area contributed by atoms with Crippen molar-refractivity contribution in [3.8, 4) is 0 Å². The second-order valence-corrected chi connectivity index (χ2v) is 7.43. The van der Waals surface area contributed by atoms with Gasteiger partial charge in [0.15, 0.2) is 0 Å². The van der Waals surface area contributed by atoms with E-state index in [-0.39, 0.29) is 36.4 Å². The van der Waals surface area contributed by atoms with Crippen LogP contribution in [0.5, 0.6) is 0 Å². The molecular weight excluding hydrogens is 346 g/mol. The number of fused-ring (bicyclic) bond motifs is 1. The van der Waals surface area contributed by atoms with Gasteiger partial charge in [-0.05, 0) is 43.9 Å². The number of rotatable bonds is 8. The Labute approximate surface area is 159 Å². The lowest BCUT2D eigenvalue weighted by Gasteiger charge is -2.42. The molecule has 2 amide bonds. The molecule has 3 rings (SSSR count). The molecule has 1 atom stereocenters. The van der Waals surface area contributed by atoms with Gasteiger partial charge >= 0.3 is 5.97 Å². The number of hydrogen-bond acceptors (Lipinski definition) is 4. The first kappa shape index (κ1) is 19.4. The normalized spacial score (nSPS) is 23.9. The van der Waals surface area contributed by atoms with Crippen LogP contribution in [-0.2, 0) is 20.8 Å². The van der Waals surface area contributed by atoms with Gasteiger partial charge in [0.1, 0.15) is 0 Å². The number of carboxylic acid groups (broad SMARTS) is 1. The minimum atomic E-state index is -0.823. The minimum Gasteiger partial charge on any atom is -0.480 e. The predicted molar refractivity (Wildman–Crippen MR) is 101 cm³/mol. The van der Waals surface area contributed by atoms with E-state index in [0.717, 1.165) is 24.1 Å². The largest absolute Gasteiger partial charge is 0.480 e. The average Bonchev–Trinajstić information content (AvgIpc) is 2.60. The maximum absolute atomic E-state index is 12.2.